The SMILES string of the molecule is CC1(C)c2ccccc2-c2ccc(N(c3ccc4c(c3)[Si](C)(C)c3ccccc3C43c4ccccc4-c4cccc5c(-c6ccccc6)ccc3c45)c3ccc4c(c3)c3ccccc3n4-c3ccccc3)cc21. The van der Waals surface area contributed by atoms with Gasteiger partial charge in [-0.2, -0.15) is 0 Å². The highest BCUT2D eigenvalue weighted by molar-refractivity contribution is 7.01. The van der Waals surface area contributed by atoms with Crippen molar-refractivity contribution < 1.29 is 0 Å². The first kappa shape index (κ1) is 42.2. The Labute approximate surface area is 428 Å². The molecule has 2 nitrogen and oxygen atoms in total. The Bertz CT molecular complexity index is 4270. The maximum absolute atomic E-state index is 2.61. The van der Waals surface area contributed by atoms with E-state index in [2.05, 4.69) is 279 Å². The van der Waals surface area contributed by atoms with E-state index in [1.165, 1.54) is 115 Å². The van der Waals surface area contributed by atoms with Gasteiger partial charge < -0.3 is 9.47 Å². The summed E-state index contributed by atoms with van der Waals surface area (Å²) in [5.74, 6) is 0. The first-order valence-corrected chi connectivity index (χ1v) is 28.8. The maximum atomic E-state index is 2.61. The molecular weight excluding hydrogens is 897 g/mol. The highest BCUT2D eigenvalue weighted by Gasteiger charge is 2.53. The minimum atomic E-state index is -2.41. The monoisotopic (exact) mass is 948 g/mol. The van der Waals surface area contributed by atoms with Crippen molar-refractivity contribution in [3.63, 3.8) is 0 Å². The molecule has 346 valence electrons. The number of anilines is 3. The Morgan fingerprint density at radius 2 is 0.904 bits per heavy atom. The zero-order valence-electron chi connectivity index (χ0n) is 41.5. The molecule has 73 heavy (non-hydrogen) atoms. The number of fused-ring (bicyclic) bond motifs is 14. The van der Waals surface area contributed by atoms with Gasteiger partial charge in [0.2, 0.25) is 0 Å². The smallest absolute Gasteiger partial charge is 0.113 e. The van der Waals surface area contributed by atoms with Gasteiger partial charge in [-0.15, -0.1) is 0 Å². The lowest BCUT2D eigenvalue weighted by Crippen LogP contribution is -2.63. The zero-order chi connectivity index (χ0) is 48.8. The van der Waals surface area contributed by atoms with Gasteiger partial charge in [-0.3, -0.25) is 0 Å². The van der Waals surface area contributed by atoms with E-state index in [1.54, 1.807) is 0 Å². The van der Waals surface area contributed by atoms with E-state index in [-0.39, 0.29) is 5.41 Å². The predicted molar refractivity (Wildman–Crippen MR) is 310 cm³/mol. The average molecular weight is 949 g/mol. The van der Waals surface area contributed by atoms with E-state index < -0.39 is 13.5 Å². The van der Waals surface area contributed by atoms with Crippen molar-refractivity contribution in [1.82, 2.24) is 4.57 Å². The number of nitrogens with zero attached hydrogens (tertiary/aromatic N) is 2. The Morgan fingerprint density at radius 3 is 1.73 bits per heavy atom. The van der Waals surface area contributed by atoms with E-state index in [0.29, 0.717) is 0 Å². The number of hydrogen-bond acceptors (Lipinski definition) is 1. The van der Waals surface area contributed by atoms with Crippen molar-refractivity contribution in [1.29, 1.82) is 0 Å². The Hall–Kier alpha value is -8.50. The van der Waals surface area contributed by atoms with Crippen LogP contribution in [0, 0.1) is 0 Å². The van der Waals surface area contributed by atoms with Gasteiger partial charge in [-0.05, 0) is 149 Å². The molecular formula is C70H52N2Si. The molecule has 2 heterocycles. The third-order valence-corrected chi connectivity index (χ3v) is 20.8. The van der Waals surface area contributed by atoms with Gasteiger partial charge in [-0.25, -0.2) is 0 Å². The zero-order valence-corrected chi connectivity index (χ0v) is 42.5. The molecule has 0 saturated carbocycles. The highest BCUT2D eigenvalue weighted by atomic mass is 28.3. The van der Waals surface area contributed by atoms with Crippen molar-refractivity contribution in [3.8, 4) is 39.1 Å². The van der Waals surface area contributed by atoms with Gasteiger partial charge in [0.05, 0.1) is 16.4 Å². The second-order valence-corrected chi connectivity index (χ2v) is 25.9. The van der Waals surface area contributed by atoms with Gasteiger partial charge in [0, 0.05) is 38.9 Å². The fraction of sp³-hybridized carbons (Fsp3) is 0.0857. The molecule has 0 bridgehead atoms. The first-order valence-electron chi connectivity index (χ1n) is 25.8. The second-order valence-electron chi connectivity index (χ2n) is 21.6. The summed E-state index contributed by atoms with van der Waals surface area (Å²) in [7, 11) is -2.41. The van der Waals surface area contributed by atoms with Gasteiger partial charge >= 0.3 is 0 Å². The fourth-order valence-corrected chi connectivity index (χ4v) is 17.2. The summed E-state index contributed by atoms with van der Waals surface area (Å²) < 4.78 is 2.42. The summed E-state index contributed by atoms with van der Waals surface area (Å²) in [6, 6.07) is 92.2. The van der Waals surface area contributed by atoms with Crippen LogP contribution in [0.1, 0.15) is 47.2 Å². The molecule has 3 aliphatic rings. The summed E-state index contributed by atoms with van der Waals surface area (Å²) >= 11 is 0. The van der Waals surface area contributed by atoms with Crippen LogP contribution >= 0.6 is 0 Å². The van der Waals surface area contributed by atoms with Crippen LogP contribution in [-0.4, -0.2) is 12.6 Å². The van der Waals surface area contributed by atoms with Crippen LogP contribution < -0.4 is 15.3 Å². The van der Waals surface area contributed by atoms with Crippen molar-refractivity contribution in [3.05, 3.63) is 276 Å². The van der Waals surface area contributed by atoms with E-state index in [4.69, 9.17) is 0 Å². The van der Waals surface area contributed by atoms with E-state index in [1.807, 2.05) is 0 Å². The van der Waals surface area contributed by atoms with Crippen LogP contribution in [0.2, 0.25) is 13.1 Å². The highest BCUT2D eigenvalue weighted by Crippen LogP contribution is 2.58. The molecule has 11 aromatic carbocycles. The number of benzene rings is 11. The largest absolute Gasteiger partial charge is 0.310 e. The first-order chi connectivity index (χ1) is 35.7. The molecule has 3 heteroatoms. The topological polar surface area (TPSA) is 8.17 Å². The summed E-state index contributed by atoms with van der Waals surface area (Å²) in [5, 5.41) is 8.08. The number of para-hydroxylation sites is 2. The minimum absolute atomic E-state index is 0.159. The third-order valence-electron chi connectivity index (χ3n) is 17.2. The molecule has 0 saturated heterocycles. The number of aromatic nitrogens is 1. The summed E-state index contributed by atoms with van der Waals surface area (Å²) in [4.78, 5) is 2.56. The van der Waals surface area contributed by atoms with Gasteiger partial charge in [-0.1, -0.05) is 209 Å². The summed E-state index contributed by atoms with van der Waals surface area (Å²) in [6.45, 7) is 9.96. The van der Waals surface area contributed by atoms with Gasteiger partial charge in [0.25, 0.3) is 0 Å². The molecule has 0 fully saturated rings. The van der Waals surface area contributed by atoms with Crippen LogP contribution in [0.3, 0.4) is 0 Å². The van der Waals surface area contributed by atoms with Crippen molar-refractivity contribution in [2.75, 3.05) is 4.90 Å². The molecule has 1 unspecified atom stereocenters. The Kier molecular flexibility index (Phi) is 8.82. The lowest BCUT2D eigenvalue weighted by atomic mass is 9.59. The third kappa shape index (κ3) is 5.69. The normalized spacial score (nSPS) is 16.2. The quantitative estimate of drug-likeness (QED) is 0.156. The van der Waals surface area contributed by atoms with Crippen LogP contribution in [0.15, 0.2) is 243 Å². The van der Waals surface area contributed by atoms with Crippen LogP contribution in [0.5, 0.6) is 0 Å². The molecule has 15 rings (SSSR count). The minimum Gasteiger partial charge on any atom is -0.310 e. The second kappa shape index (κ2) is 15.3. The van der Waals surface area contributed by atoms with Crippen LogP contribution in [0.25, 0.3) is 71.6 Å². The van der Waals surface area contributed by atoms with Gasteiger partial charge in [0.15, 0.2) is 0 Å². The Balaban J connectivity index is 1.01. The molecule has 0 radical (unpaired) electrons. The van der Waals surface area contributed by atoms with Crippen LogP contribution in [0.4, 0.5) is 17.1 Å². The molecule has 2 aliphatic carbocycles. The molecule has 12 aromatic rings. The molecule has 1 aliphatic heterocycles. The van der Waals surface area contributed by atoms with E-state index in [0.717, 1.165) is 17.1 Å². The van der Waals surface area contributed by atoms with E-state index >= 15 is 0 Å². The lowest BCUT2D eigenvalue weighted by molar-refractivity contribution is 0.660. The van der Waals surface area contributed by atoms with Crippen LogP contribution in [-0.2, 0) is 10.8 Å². The van der Waals surface area contributed by atoms with Gasteiger partial charge in [0.1, 0.15) is 8.07 Å². The Morgan fingerprint density at radius 1 is 0.356 bits per heavy atom. The molecule has 0 amide bonds. The predicted octanol–water partition coefficient (Wildman–Crippen LogP) is 16.9. The molecule has 1 atom stereocenters. The van der Waals surface area contributed by atoms with Crippen molar-refractivity contribution >= 4 is 68.1 Å². The molecule has 1 aromatic heterocycles. The lowest BCUT2D eigenvalue weighted by Gasteiger charge is -2.50. The maximum Gasteiger partial charge on any atom is 0.113 e. The van der Waals surface area contributed by atoms with Crippen molar-refractivity contribution in [2.45, 2.75) is 37.8 Å². The summed E-state index contributed by atoms with van der Waals surface area (Å²) in [6.07, 6.45) is 0. The number of rotatable bonds is 5. The fourth-order valence-electron chi connectivity index (χ4n) is 14.0. The van der Waals surface area contributed by atoms with E-state index in [9.17, 15) is 0 Å². The molecule has 1 spiro atoms. The number of hydrogen-bond donors (Lipinski definition) is 0. The van der Waals surface area contributed by atoms with Crippen molar-refractivity contribution in [2.24, 2.45) is 0 Å². The standard InChI is InChI=1S/C70H52N2Si/c1-69(2)58-29-14-11-24-51(58)53-37-34-48(43-63(53)69)71(47-36-41-65-57(42-47)54-26-13-17-32-64(54)72(65)46-22-9-6-10-23-46)49-35-39-61-67(44-49)73(3,4)66-33-18-16-31-60(66)70(61)59-30-15-12-25-52(59)56-28-19-27-55-50(38-40-62(70)68(55)56)45-20-7-5-8-21-45/h5-44H,1-4H3. The summed E-state index contributed by atoms with van der Waals surface area (Å²) in [5.41, 5.74) is 22.4. The average Bonchev–Trinajstić information content (AvgIpc) is 3.89. The molecule has 0 N–H and O–H groups in total.